The SMILES string of the molecule is Cc1ccc2c(c1)n1nccc1c1c(=O)ccn(-c3cccc(C(F)(F)F)c3)[n+]21. The second-order valence-corrected chi connectivity index (χ2v) is 6.85. The van der Waals surface area contributed by atoms with Gasteiger partial charge in [-0.2, -0.15) is 18.3 Å². The van der Waals surface area contributed by atoms with E-state index in [2.05, 4.69) is 5.10 Å². The van der Waals surface area contributed by atoms with Crippen molar-refractivity contribution in [1.29, 1.82) is 0 Å². The largest absolute Gasteiger partial charge is 0.416 e. The summed E-state index contributed by atoms with van der Waals surface area (Å²) >= 11 is 0. The van der Waals surface area contributed by atoms with Gasteiger partial charge < -0.3 is 0 Å². The number of rotatable bonds is 1. The van der Waals surface area contributed by atoms with Gasteiger partial charge in [-0.1, -0.05) is 16.6 Å². The molecule has 0 unspecified atom stereocenters. The molecule has 3 aromatic heterocycles. The van der Waals surface area contributed by atoms with E-state index in [4.69, 9.17) is 0 Å². The summed E-state index contributed by atoms with van der Waals surface area (Å²) in [5.74, 6) is 0. The molecule has 5 nitrogen and oxygen atoms in total. The highest BCUT2D eigenvalue weighted by Gasteiger charge is 2.31. The minimum atomic E-state index is -4.46. The van der Waals surface area contributed by atoms with E-state index in [1.165, 1.54) is 18.3 Å². The normalized spacial score (nSPS) is 12.3. The zero-order chi connectivity index (χ0) is 20.3. The predicted molar refractivity (Wildman–Crippen MR) is 101 cm³/mol. The van der Waals surface area contributed by atoms with E-state index in [-0.39, 0.29) is 5.43 Å². The molecule has 5 rings (SSSR count). The zero-order valence-electron chi connectivity index (χ0n) is 15.2. The summed E-state index contributed by atoms with van der Waals surface area (Å²) in [5.41, 5.74) is 2.59. The molecule has 5 aromatic rings. The number of alkyl halides is 3. The molecule has 0 radical (unpaired) electrons. The highest BCUT2D eigenvalue weighted by Crippen LogP contribution is 2.30. The van der Waals surface area contributed by atoms with E-state index < -0.39 is 11.7 Å². The van der Waals surface area contributed by atoms with Crippen LogP contribution in [0.5, 0.6) is 0 Å². The highest BCUT2D eigenvalue weighted by atomic mass is 19.4. The molecule has 0 atom stereocenters. The summed E-state index contributed by atoms with van der Waals surface area (Å²) in [6.07, 6.45) is -1.39. The van der Waals surface area contributed by atoms with Gasteiger partial charge in [0.25, 0.3) is 10.9 Å². The van der Waals surface area contributed by atoms with Crippen molar-refractivity contribution in [2.45, 2.75) is 13.1 Å². The quantitative estimate of drug-likeness (QED) is 0.321. The van der Waals surface area contributed by atoms with Crippen molar-refractivity contribution < 1.29 is 17.7 Å². The van der Waals surface area contributed by atoms with E-state index in [0.29, 0.717) is 22.2 Å². The van der Waals surface area contributed by atoms with Crippen molar-refractivity contribution >= 4 is 22.1 Å². The molecule has 0 saturated heterocycles. The van der Waals surface area contributed by atoms with Crippen LogP contribution in [0.1, 0.15) is 11.1 Å². The summed E-state index contributed by atoms with van der Waals surface area (Å²) in [6.45, 7) is 1.94. The minimum Gasteiger partial charge on any atom is -0.282 e. The van der Waals surface area contributed by atoms with Gasteiger partial charge in [0, 0.05) is 12.1 Å². The average Bonchev–Trinajstić information content (AvgIpc) is 3.17. The molecule has 0 aliphatic rings. The van der Waals surface area contributed by atoms with Gasteiger partial charge >= 0.3 is 11.7 Å². The Labute approximate surface area is 161 Å². The van der Waals surface area contributed by atoms with Crippen LogP contribution in [0.3, 0.4) is 0 Å². The predicted octanol–water partition coefficient (Wildman–Crippen LogP) is 3.70. The van der Waals surface area contributed by atoms with Crippen LogP contribution in [0, 0.1) is 6.92 Å². The molecule has 29 heavy (non-hydrogen) atoms. The van der Waals surface area contributed by atoms with Crippen LogP contribution < -0.4 is 9.94 Å². The maximum Gasteiger partial charge on any atom is 0.416 e. The maximum absolute atomic E-state index is 13.2. The summed E-state index contributed by atoms with van der Waals surface area (Å²) < 4.78 is 44.6. The first-order valence-corrected chi connectivity index (χ1v) is 8.86. The third kappa shape index (κ3) is 2.60. The van der Waals surface area contributed by atoms with Crippen molar-refractivity contribution in [3.05, 3.63) is 88.3 Å². The van der Waals surface area contributed by atoms with E-state index in [1.807, 2.05) is 25.1 Å². The fourth-order valence-electron chi connectivity index (χ4n) is 3.65. The molecular formula is C21H14F3N4O+. The molecule has 0 saturated carbocycles. The lowest BCUT2D eigenvalue weighted by Gasteiger charge is -2.10. The van der Waals surface area contributed by atoms with E-state index in [0.717, 1.165) is 23.2 Å². The second-order valence-electron chi connectivity index (χ2n) is 6.85. The van der Waals surface area contributed by atoms with Gasteiger partial charge in [0.15, 0.2) is 0 Å². The Morgan fingerprint density at radius 3 is 2.62 bits per heavy atom. The molecule has 0 spiro atoms. The molecule has 2 aromatic carbocycles. The number of hydrogen-bond donors (Lipinski definition) is 0. The Morgan fingerprint density at radius 2 is 1.83 bits per heavy atom. The Balaban J connectivity index is 1.99. The first-order chi connectivity index (χ1) is 13.8. The Hall–Kier alpha value is -3.68. The standard InChI is InChI=1S/C21H14F3N4O/c1-13-5-6-16-18(11-13)27-17(7-9-25-27)20-19(29)8-10-26(28(16)20)15-4-2-3-14(12-15)21(22,23)24/h2-12H,1H3/q+1. The number of fused-ring (bicyclic) bond motifs is 6. The third-order valence-corrected chi connectivity index (χ3v) is 4.94. The molecule has 0 N–H and O–H groups in total. The second kappa shape index (κ2) is 5.91. The molecule has 0 aliphatic carbocycles. The van der Waals surface area contributed by atoms with Crippen LogP contribution >= 0.6 is 0 Å². The van der Waals surface area contributed by atoms with Crippen molar-refractivity contribution in [3.8, 4) is 5.69 Å². The molecule has 0 aliphatic heterocycles. The van der Waals surface area contributed by atoms with Crippen LogP contribution in [0.15, 0.2) is 71.8 Å². The number of nitrogens with zero attached hydrogens (tertiary/aromatic N) is 4. The third-order valence-electron chi connectivity index (χ3n) is 4.94. The maximum atomic E-state index is 13.2. The molecule has 3 heterocycles. The zero-order valence-corrected chi connectivity index (χ0v) is 15.2. The van der Waals surface area contributed by atoms with Gasteiger partial charge in [-0.05, 0) is 42.8 Å². The summed E-state index contributed by atoms with van der Waals surface area (Å²) in [6, 6.07) is 13.7. The number of aromatic nitrogens is 4. The monoisotopic (exact) mass is 395 g/mol. The summed E-state index contributed by atoms with van der Waals surface area (Å²) in [4.78, 5) is 12.8. The van der Waals surface area contributed by atoms with E-state index >= 15 is 0 Å². The fraction of sp³-hybridized carbons (Fsp3) is 0.0952. The minimum absolute atomic E-state index is 0.249. The van der Waals surface area contributed by atoms with Gasteiger partial charge in [0.1, 0.15) is 16.7 Å². The van der Waals surface area contributed by atoms with Crippen molar-refractivity contribution in [2.24, 2.45) is 0 Å². The first-order valence-electron chi connectivity index (χ1n) is 8.86. The molecule has 0 amide bonds. The molecular weight excluding hydrogens is 381 g/mol. The summed E-state index contributed by atoms with van der Waals surface area (Å²) in [5, 5.41) is 4.33. The van der Waals surface area contributed by atoms with E-state index in [9.17, 15) is 18.0 Å². The highest BCUT2D eigenvalue weighted by molar-refractivity contribution is 5.82. The van der Waals surface area contributed by atoms with Crippen LogP contribution in [0.4, 0.5) is 13.2 Å². The number of halogens is 3. The average molecular weight is 395 g/mol. The van der Waals surface area contributed by atoms with Crippen molar-refractivity contribution in [2.75, 3.05) is 0 Å². The number of benzene rings is 2. The Morgan fingerprint density at radius 1 is 1.00 bits per heavy atom. The van der Waals surface area contributed by atoms with Gasteiger partial charge in [-0.25, -0.2) is 4.52 Å². The van der Waals surface area contributed by atoms with Crippen molar-refractivity contribution in [1.82, 2.24) is 14.3 Å². The van der Waals surface area contributed by atoms with Crippen LogP contribution in [0.2, 0.25) is 0 Å². The lowest BCUT2D eigenvalue weighted by Crippen LogP contribution is -2.40. The lowest BCUT2D eigenvalue weighted by molar-refractivity contribution is -0.575. The number of aryl methyl sites for hydroxylation is 1. The lowest BCUT2D eigenvalue weighted by atomic mass is 10.2. The van der Waals surface area contributed by atoms with Crippen molar-refractivity contribution in [3.63, 3.8) is 0 Å². The van der Waals surface area contributed by atoms with Gasteiger partial charge in [0.05, 0.1) is 18.0 Å². The number of hydrogen-bond acceptors (Lipinski definition) is 2. The first kappa shape index (κ1) is 17.4. The van der Waals surface area contributed by atoms with Crippen LogP contribution in [0.25, 0.3) is 27.8 Å². The van der Waals surface area contributed by atoms with Crippen LogP contribution in [-0.4, -0.2) is 14.3 Å². The topological polar surface area (TPSA) is 43.4 Å². The van der Waals surface area contributed by atoms with Gasteiger partial charge in [-0.15, -0.1) is 4.68 Å². The summed E-state index contributed by atoms with van der Waals surface area (Å²) in [7, 11) is 0. The fourth-order valence-corrected chi connectivity index (χ4v) is 3.65. The molecule has 8 heteroatoms. The molecule has 0 fully saturated rings. The molecule has 0 bridgehead atoms. The van der Waals surface area contributed by atoms with Crippen LogP contribution in [-0.2, 0) is 6.18 Å². The molecule has 144 valence electrons. The van der Waals surface area contributed by atoms with Gasteiger partial charge in [0.2, 0.25) is 0 Å². The Kier molecular flexibility index (Phi) is 3.55. The van der Waals surface area contributed by atoms with E-state index in [1.54, 1.807) is 32.0 Å². The Bertz CT molecular complexity index is 1480. The van der Waals surface area contributed by atoms with Gasteiger partial charge in [-0.3, -0.25) is 4.79 Å². The smallest absolute Gasteiger partial charge is 0.282 e.